The van der Waals surface area contributed by atoms with Crippen molar-refractivity contribution in [2.75, 3.05) is 14.2 Å². The summed E-state index contributed by atoms with van der Waals surface area (Å²) in [5, 5.41) is 13.4. The number of ether oxygens (including phenoxy) is 2. The highest BCUT2D eigenvalue weighted by Gasteiger charge is 2.22. The van der Waals surface area contributed by atoms with Crippen LogP contribution >= 0.6 is 11.3 Å². The van der Waals surface area contributed by atoms with E-state index in [-0.39, 0.29) is 5.41 Å². The zero-order valence-electron chi connectivity index (χ0n) is 13.0. The molecule has 1 aromatic carbocycles. The molecular weight excluding hydrogens is 286 g/mol. The first kappa shape index (κ1) is 15.8. The molecule has 5 heteroatoms. The van der Waals surface area contributed by atoms with Gasteiger partial charge in [0, 0.05) is 10.8 Å². The number of rotatable bonds is 4. The molecule has 1 atom stereocenters. The third-order valence-corrected chi connectivity index (χ3v) is 4.45. The van der Waals surface area contributed by atoms with Gasteiger partial charge in [-0.2, -0.15) is 0 Å². The largest absolute Gasteiger partial charge is 0.493 e. The summed E-state index contributed by atoms with van der Waals surface area (Å²) < 4.78 is 10.5. The van der Waals surface area contributed by atoms with E-state index in [4.69, 9.17) is 9.47 Å². The van der Waals surface area contributed by atoms with Gasteiger partial charge in [-0.15, -0.1) is 11.3 Å². The Morgan fingerprint density at radius 2 is 1.81 bits per heavy atom. The van der Waals surface area contributed by atoms with E-state index >= 15 is 0 Å². The number of nitrogens with zero attached hydrogens (tertiary/aromatic N) is 1. The average molecular weight is 307 g/mol. The number of aliphatic hydroxyl groups is 1. The van der Waals surface area contributed by atoms with E-state index in [0.717, 1.165) is 10.6 Å². The normalized spacial score (nSPS) is 13.0. The average Bonchev–Trinajstić information content (AvgIpc) is 2.95. The van der Waals surface area contributed by atoms with Crippen LogP contribution in [0, 0.1) is 0 Å². The molecule has 2 aromatic rings. The fourth-order valence-corrected chi connectivity index (χ4v) is 2.88. The number of hydrogen-bond donors (Lipinski definition) is 1. The second-order valence-corrected chi connectivity index (χ2v) is 6.70. The van der Waals surface area contributed by atoms with Crippen molar-refractivity contribution >= 4 is 11.3 Å². The molecule has 2 rings (SSSR count). The number of hydrogen-bond acceptors (Lipinski definition) is 5. The Balaban J connectivity index is 2.31. The van der Waals surface area contributed by atoms with E-state index in [1.807, 2.05) is 11.4 Å². The molecule has 1 N–H and O–H groups in total. The number of methoxy groups -OCH3 is 2. The quantitative estimate of drug-likeness (QED) is 0.938. The number of aromatic nitrogens is 1. The Kier molecular flexibility index (Phi) is 4.54. The molecule has 0 bridgehead atoms. The fraction of sp³-hybridized carbons (Fsp3) is 0.438. The minimum atomic E-state index is -0.767. The Morgan fingerprint density at radius 3 is 2.33 bits per heavy atom. The summed E-state index contributed by atoms with van der Waals surface area (Å²) in [6, 6.07) is 5.39. The first-order chi connectivity index (χ1) is 9.86. The van der Waals surface area contributed by atoms with E-state index in [9.17, 15) is 5.11 Å². The van der Waals surface area contributed by atoms with Crippen molar-refractivity contribution < 1.29 is 14.6 Å². The van der Waals surface area contributed by atoms with Gasteiger partial charge in [0.2, 0.25) is 0 Å². The third-order valence-electron chi connectivity index (χ3n) is 3.17. The van der Waals surface area contributed by atoms with E-state index in [2.05, 4.69) is 25.8 Å². The van der Waals surface area contributed by atoms with Crippen molar-refractivity contribution in [2.24, 2.45) is 0 Å². The van der Waals surface area contributed by atoms with Crippen LogP contribution in [0.4, 0.5) is 0 Å². The minimum absolute atomic E-state index is 0.0137. The molecule has 4 nitrogen and oxygen atoms in total. The number of aliphatic hydroxyl groups excluding tert-OH is 1. The van der Waals surface area contributed by atoms with Crippen LogP contribution in [0.15, 0.2) is 23.6 Å². The molecule has 0 amide bonds. The summed E-state index contributed by atoms with van der Waals surface area (Å²) >= 11 is 1.57. The van der Waals surface area contributed by atoms with Crippen LogP contribution in [0.2, 0.25) is 0 Å². The maximum absolute atomic E-state index is 10.5. The Hall–Kier alpha value is -1.59. The van der Waals surface area contributed by atoms with Crippen molar-refractivity contribution in [3.05, 3.63) is 39.8 Å². The summed E-state index contributed by atoms with van der Waals surface area (Å²) in [4.78, 5) is 4.55. The van der Waals surface area contributed by atoms with Crippen LogP contribution in [-0.2, 0) is 5.41 Å². The molecule has 0 saturated carbocycles. The second kappa shape index (κ2) is 6.03. The maximum atomic E-state index is 10.5. The first-order valence-electron chi connectivity index (χ1n) is 6.72. The zero-order valence-corrected chi connectivity index (χ0v) is 13.8. The predicted molar refractivity (Wildman–Crippen MR) is 84.4 cm³/mol. The van der Waals surface area contributed by atoms with Gasteiger partial charge in [-0.3, -0.25) is 0 Å². The topological polar surface area (TPSA) is 51.6 Å². The lowest BCUT2D eigenvalue weighted by molar-refractivity contribution is 0.215. The lowest BCUT2D eigenvalue weighted by Crippen LogP contribution is -2.11. The van der Waals surface area contributed by atoms with Crippen LogP contribution in [0.1, 0.15) is 43.1 Å². The Bertz CT molecular complexity index is 616. The van der Waals surface area contributed by atoms with Crippen molar-refractivity contribution in [1.29, 1.82) is 0 Å². The van der Waals surface area contributed by atoms with Crippen LogP contribution in [0.25, 0.3) is 0 Å². The lowest BCUT2D eigenvalue weighted by atomic mass is 9.98. The molecule has 0 aliphatic rings. The molecule has 1 aromatic heterocycles. The van der Waals surface area contributed by atoms with E-state index in [1.165, 1.54) is 0 Å². The molecule has 21 heavy (non-hydrogen) atoms. The molecular formula is C16H21NO3S. The van der Waals surface area contributed by atoms with Crippen LogP contribution in [0.3, 0.4) is 0 Å². The molecule has 1 heterocycles. The molecule has 0 aliphatic heterocycles. The van der Waals surface area contributed by atoms with Gasteiger partial charge in [-0.1, -0.05) is 26.8 Å². The Labute approximate surface area is 129 Å². The maximum Gasteiger partial charge on any atom is 0.161 e. The first-order valence-corrected chi connectivity index (χ1v) is 7.60. The molecule has 0 radical (unpaired) electrons. The van der Waals surface area contributed by atoms with Gasteiger partial charge in [0.05, 0.1) is 24.9 Å². The fourth-order valence-electron chi connectivity index (χ4n) is 1.95. The summed E-state index contributed by atoms with van der Waals surface area (Å²) in [7, 11) is 3.17. The van der Waals surface area contributed by atoms with Crippen LogP contribution < -0.4 is 9.47 Å². The molecule has 0 fully saturated rings. The van der Waals surface area contributed by atoms with Crippen molar-refractivity contribution in [1.82, 2.24) is 4.98 Å². The van der Waals surface area contributed by atoms with Gasteiger partial charge in [0.1, 0.15) is 6.10 Å². The third kappa shape index (κ3) is 3.36. The highest BCUT2D eigenvalue weighted by Crippen LogP contribution is 2.34. The minimum Gasteiger partial charge on any atom is -0.493 e. The van der Waals surface area contributed by atoms with E-state index < -0.39 is 6.10 Å². The molecule has 0 aliphatic carbocycles. The standard InChI is InChI=1S/C16H21NO3S/c1-16(2,3)15-17-11(9-21-15)14(18)10-6-7-12(19-4)13(8-10)20-5/h6-9,14,18H,1-5H3. The molecule has 0 spiro atoms. The van der Waals surface area contributed by atoms with Crippen molar-refractivity contribution in [3.63, 3.8) is 0 Å². The molecule has 0 saturated heterocycles. The summed E-state index contributed by atoms with van der Waals surface area (Å²) in [6.07, 6.45) is -0.767. The smallest absolute Gasteiger partial charge is 0.161 e. The predicted octanol–water partition coefficient (Wildman–Crippen LogP) is 3.54. The second-order valence-electron chi connectivity index (χ2n) is 5.84. The monoisotopic (exact) mass is 307 g/mol. The van der Waals surface area contributed by atoms with Gasteiger partial charge in [0.25, 0.3) is 0 Å². The molecule has 1 unspecified atom stereocenters. The SMILES string of the molecule is COc1ccc(C(O)c2csc(C(C)(C)C)n2)cc1OC. The number of benzene rings is 1. The van der Waals surface area contributed by atoms with E-state index in [1.54, 1.807) is 37.7 Å². The highest BCUT2D eigenvalue weighted by molar-refractivity contribution is 7.09. The Morgan fingerprint density at radius 1 is 1.14 bits per heavy atom. The van der Waals surface area contributed by atoms with Gasteiger partial charge in [0.15, 0.2) is 11.5 Å². The van der Waals surface area contributed by atoms with Gasteiger partial charge >= 0.3 is 0 Å². The van der Waals surface area contributed by atoms with Crippen molar-refractivity contribution in [3.8, 4) is 11.5 Å². The molecule has 114 valence electrons. The summed E-state index contributed by atoms with van der Waals surface area (Å²) in [6.45, 7) is 6.33. The van der Waals surface area contributed by atoms with Gasteiger partial charge in [-0.25, -0.2) is 4.98 Å². The lowest BCUT2D eigenvalue weighted by Gasteiger charge is -2.15. The summed E-state index contributed by atoms with van der Waals surface area (Å²) in [5.41, 5.74) is 1.39. The summed E-state index contributed by atoms with van der Waals surface area (Å²) in [5.74, 6) is 1.24. The van der Waals surface area contributed by atoms with Gasteiger partial charge < -0.3 is 14.6 Å². The highest BCUT2D eigenvalue weighted by atomic mass is 32.1. The van der Waals surface area contributed by atoms with Crippen molar-refractivity contribution in [2.45, 2.75) is 32.3 Å². The zero-order chi connectivity index (χ0) is 15.6. The van der Waals surface area contributed by atoms with Crippen LogP contribution in [-0.4, -0.2) is 24.3 Å². The van der Waals surface area contributed by atoms with E-state index in [0.29, 0.717) is 17.2 Å². The number of thiazole rings is 1. The van der Waals surface area contributed by atoms with Gasteiger partial charge in [-0.05, 0) is 17.7 Å². The van der Waals surface area contributed by atoms with Crippen LogP contribution in [0.5, 0.6) is 11.5 Å².